The Labute approximate surface area is 153 Å². The van der Waals surface area contributed by atoms with Crippen LogP contribution in [0.1, 0.15) is 16.8 Å². The van der Waals surface area contributed by atoms with E-state index in [0.29, 0.717) is 17.9 Å². The minimum Gasteiger partial charge on any atom is -0.452 e. The zero-order chi connectivity index (χ0) is 18.5. The summed E-state index contributed by atoms with van der Waals surface area (Å²) < 4.78 is 18.1. The van der Waals surface area contributed by atoms with Crippen molar-refractivity contribution in [2.24, 2.45) is 0 Å². The highest BCUT2D eigenvalue weighted by molar-refractivity contribution is 7.99. The lowest BCUT2D eigenvalue weighted by Crippen LogP contribution is -2.21. The fourth-order valence-electron chi connectivity index (χ4n) is 2.32. The van der Waals surface area contributed by atoms with E-state index in [4.69, 9.17) is 4.74 Å². The smallest absolute Gasteiger partial charge is 0.338 e. The van der Waals surface area contributed by atoms with Crippen LogP contribution in [0.5, 0.6) is 0 Å². The van der Waals surface area contributed by atoms with Crippen molar-refractivity contribution in [3.63, 3.8) is 0 Å². The molecule has 2 amide bonds. The van der Waals surface area contributed by atoms with Crippen molar-refractivity contribution in [3.8, 4) is 0 Å². The van der Waals surface area contributed by atoms with Crippen LogP contribution in [0.4, 0.5) is 15.8 Å². The van der Waals surface area contributed by atoms with Crippen LogP contribution in [0.15, 0.2) is 47.4 Å². The van der Waals surface area contributed by atoms with Crippen molar-refractivity contribution in [2.45, 2.75) is 11.3 Å². The van der Waals surface area contributed by atoms with Crippen LogP contribution in [0.2, 0.25) is 0 Å². The van der Waals surface area contributed by atoms with Crippen LogP contribution in [0.25, 0.3) is 0 Å². The van der Waals surface area contributed by atoms with Crippen molar-refractivity contribution in [1.29, 1.82) is 0 Å². The second-order valence-electron chi connectivity index (χ2n) is 5.49. The Balaban J connectivity index is 1.59. The first-order valence-electron chi connectivity index (χ1n) is 7.80. The van der Waals surface area contributed by atoms with E-state index in [9.17, 15) is 18.8 Å². The third-order valence-electron chi connectivity index (χ3n) is 3.52. The second kappa shape index (κ2) is 8.01. The number of rotatable bonds is 4. The summed E-state index contributed by atoms with van der Waals surface area (Å²) in [6.07, 6.45) is 0.402. The molecule has 1 heterocycles. The molecule has 6 nitrogen and oxygen atoms in total. The SMILES string of the molecule is O=C(COC(=O)c1ccc2c(c1)NC(=O)CCS2)Nc1cccc(F)c1. The largest absolute Gasteiger partial charge is 0.452 e. The van der Waals surface area contributed by atoms with Gasteiger partial charge in [0.05, 0.1) is 11.3 Å². The van der Waals surface area contributed by atoms with Gasteiger partial charge in [0.25, 0.3) is 5.91 Å². The van der Waals surface area contributed by atoms with Crippen LogP contribution < -0.4 is 10.6 Å². The number of carbonyl (C=O) groups is 3. The first kappa shape index (κ1) is 17.9. The van der Waals surface area contributed by atoms with E-state index in [2.05, 4.69) is 10.6 Å². The molecule has 2 aromatic carbocycles. The van der Waals surface area contributed by atoms with Gasteiger partial charge >= 0.3 is 5.97 Å². The summed E-state index contributed by atoms with van der Waals surface area (Å²) in [4.78, 5) is 36.4. The Bertz CT molecular complexity index is 872. The summed E-state index contributed by atoms with van der Waals surface area (Å²) >= 11 is 1.52. The molecule has 0 bridgehead atoms. The second-order valence-corrected chi connectivity index (χ2v) is 6.63. The number of hydrogen-bond acceptors (Lipinski definition) is 5. The number of hydrogen-bond donors (Lipinski definition) is 2. The average Bonchev–Trinajstić information content (AvgIpc) is 2.79. The normalized spacial score (nSPS) is 13.2. The van der Waals surface area contributed by atoms with Gasteiger partial charge in [-0.1, -0.05) is 6.07 Å². The van der Waals surface area contributed by atoms with Gasteiger partial charge in [0.2, 0.25) is 5.91 Å². The fraction of sp³-hybridized carbons (Fsp3) is 0.167. The van der Waals surface area contributed by atoms with Crippen LogP contribution in [0, 0.1) is 5.82 Å². The van der Waals surface area contributed by atoms with Gasteiger partial charge in [0.1, 0.15) is 5.82 Å². The van der Waals surface area contributed by atoms with Gasteiger partial charge in [-0.15, -0.1) is 11.8 Å². The number of benzene rings is 2. The van der Waals surface area contributed by atoms with E-state index in [1.165, 1.54) is 36.0 Å². The van der Waals surface area contributed by atoms with E-state index in [-0.39, 0.29) is 17.2 Å². The van der Waals surface area contributed by atoms with Gasteiger partial charge in [0.15, 0.2) is 6.61 Å². The summed E-state index contributed by atoms with van der Waals surface area (Å²) in [5, 5.41) is 5.18. The molecular formula is C18H15FN2O4S. The van der Waals surface area contributed by atoms with Gasteiger partial charge in [-0.2, -0.15) is 0 Å². The topological polar surface area (TPSA) is 84.5 Å². The van der Waals surface area contributed by atoms with Gasteiger partial charge in [-0.25, -0.2) is 9.18 Å². The minimum atomic E-state index is -0.689. The highest BCUT2D eigenvalue weighted by atomic mass is 32.2. The van der Waals surface area contributed by atoms with Gasteiger partial charge in [-0.3, -0.25) is 9.59 Å². The van der Waals surface area contributed by atoms with E-state index in [1.807, 2.05) is 0 Å². The van der Waals surface area contributed by atoms with Gasteiger partial charge in [0, 0.05) is 22.8 Å². The first-order chi connectivity index (χ1) is 12.5. The quantitative estimate of drug-likeness (QED) is 0.804. The first-order valence-corrected chi connectivity index (χ1v) is 8.79. The van der Waals surface area contributed by atoms with E-state index in [0.717, 1.165) is 11.0 Å². The Hall–Kier alpha value is -2.87. The summed E-state index contributed by atoms with van der Waals surface area (Å²) in [5.41, 5.74) is 1.05. The zero-order valence-corrected chi connectivity index (χ0v) is 14.4. The molecule has 0 radical (unpaired) electrons. The number of anilines is 2. The monoisotopic (exact) mass is 374 g/mol. The van der Waals surface area contributed by atoms with Crippen molar-refractivity contribution in [1.82, 2.24) is 0 Å². The van der Waals surface area contributed by atoms with Crippen molar-refractivity contribution in [2.75, 3.05) is 23.0 Å². The van der Waals surface area contributed by atoms with Crippen LogP contribution in [-0.4, -0.2) is 30.1 Å². The molecule has 8 heteroatoms. The predicted octanol–water partition coefficient (Wildman–Crippen LogP) is 3.06. The summed E-state index contributed by atoms with van der Waals surface area (Å²) in [6.45, 7) is -0.506. The molecule has 1 aliphatic heterocycles. The molecule has 0 fully saturated rings. The third-order valence-corrected chi connectivity index (χ3v) is 4.59. The number of halogens is 1. The molecule has 2 N–H and O–H groups in total. The highest BCUT2D eigenvalue weighted by Crippen LogP contribution is 2.31. The Kier molecular flexibility index (Phi) is 5.52. The molecule has 1 aliphatic rings. The number of amides is 2. The lowest BCUT2D eigenvalue weighted by molar-refractivity contribution is -0.119. The number of ether oxygens (including phenoxy) is 1. The van der Waals surface area contributed by atoms with E-state index < -0.39 is 24.3 Å². The van der Waals surface area contributed by atoms with Crippen molar-refractivity contribution >= 4 is 40.9 Å². The molecule has 2 aromatic rings. The molecule has 0 unspecified atom stereocenters. The van der Waals surface area contributed by atoms with E-state index in [1.54, 1.807) is 12.1 Å². The minimum absolute atomic E-state index is 0.115. The maximum atomic E-state index is 13.1. The molecule has 3 rings (SSSR count). The van der Waals surface area contributed by atoms with Gasteiger partial charge < -0.3 is 15.4 Å². The van der Waals surface area contributed by atoms with Crippen LogP contribution >= 0.6 is 11.8 Å². The fourth-order valence-corrected chi connectivity index (χ4v) is 3.26. The third kappa shape index (κ3) is 4.60. The summed E-state index contributed by atoms with van der Waals surface area (Å²) in [5.74, 6) is -1.20. The lowest BCUT2D eigenvalue weighted by Gasteiger charge is -2.09. The standard InChI is InChI=1S/C18H15FN2O4S/c19-12-2-1-3-13(9-12)20-17(23)10-25-18(24)11-4-5-15-14(8-11)21-16(22)6-7-26-15/h1-5,8-9H,6-7,10H2,(H,20,23)(H,21,22). The number of nitrogens with one attached hydrogen (secondary N) is 2. The lowest BCUT2D eigenvalue weighted by atomic mass is 10.2. The highest BCUT2D eigenvalue weighted by Gasteiger charge is 2.17. The number of esters is 1. The Morgan fingerprint density at radius 1 is 1.23 bits per heavy atom. The molecular weight excluding hydrogens is 359 g/mol. The maximum Gasteiger partial charge on any atom is 0.338 e. The number of fused-ring (bicyclic) bond motifs is 1. The summed E-state index contributed by atoms with van der Waals surface area (Å²) in [6, 6.07) is 10.2. The van der Waals surface area contributed by atoms with Crippen molar-refractivity contribution < 1.29 is 23.5 Å². The molecule has 0 spiro atoms. The Morgan fingerprint density at radius 3 is 2.88 bits per heavy atom. The van der Waals surface area contributed by atoms with Gasteiger partial charge in [-0.05, 0) is 36.4 Å². The molecule has 0 saturated carbocycles. The molecule has 0 aromatic heterocycles. The number of thioether (sulfide) groups is 1. The van der Waals surface area contributed by atoms with Crippen LogP contribution in [-0.2, 0) is 14.3 Å². The molecule has 26 heavy (non-hydrogen) atoms. The number of carbonyl (C=O) groups excluding carboxylic acids is 3. The van der Waals surface area contributed by atoms with Crippen LogP contribution in [0.3, 0.4) is 0 Å². The Morgan fingerprint density at radius 2 is 2.08 bits per heavy atom. The predicted molar refractivity (Wildman–Crippen MR) is 95.7 cm³/mol. The summed E-state index contributed by atoms with van der Waals surface area (Å²) in [7, 11) is 0. The molecule has 0 atom stereocenters. The average molecular weight is 374 g/mol. The molecule has 0 saturated heterocycles. The zero-order valence-electron chi connectivity index (χ0n) is 13.6. The maximum absolute atomic E-state index is 13.1. The molecule has 134 valence electrons. The molecule has 0 aliphatic carbocycles. The van der Waals surface area contributed by atoms with E-state index >= 15 is 0 Å². The van der Waals surface area contributed by atoms with Crippen molar-refractivity contribution in [3.05, 3.63) is 53.8 Å².